The number of hydrogen-bond acceptors (Lipinski definition) is 9. The Balaban J connectivity index is 1.25. The Labute approximate surface area is 306 Å². The molecule has 0 unspecified atom stereocenters. The van der Waals surface area contributed by atoms with Crippen molar-refractivity contribution >= 4 is 97.0 Å². The van der Waals surface area contributed by atoms with Crippen LogP contribution in [0.5, 0.6) is 0 Å². The molecule has 4 aromatic carbocycles. The summed E-state index contributed by atoms with van der Waals surface area (Å²) in [6.07, 6.45) is 3.69. The number of aromatic nitrogens is 6. The number of para-hydroxylation sites is 2. The normalized spacial score (nSPS) is 11.9. The Morgan fingerprint density at radius 3 is 2.02 bits per heavy atom. The van der Waals surface area contributed by atoms with Crippen LogP contribution in [0.25, 0.3) is 102 Å². The van der Waals surface area contributed by atoms with Crippen molar-refractivity contribution in [3.63, 3.8) is 0 Å². The third kappa shape index (κ3) is 4.47. The van der Waals surface area contributed by atoms with Gasteiger partial charge in [-0.05, 0) is 65.4 Å². The van der Waals surface area contributed by atoms with Gasteiger partial charge >= 0.3 is 0 Å². The predicted molar refractivity (Wildman–Crippen MR) is 216 cm³/mol. The van der Waals surface area contributed by atoms with Crippen LogP contribution in [0.2, 0.25) is 0 Å². The van der Waals surface area contributed by atoms with Crippen molar-refractivity contribution in [2.45, 2.75) is 0 Å². The molecule has 11 aromatic rings. The quantitative estimate of drug-likeness (QED) is 0.177. The van der Waals surface area contributed by atoms with Crippen LogP contribution in [-0.2, 0) is 0 Å². The first-order chi connectivity index (χ1) is 25.3. The zero-order valence-electron chi connectivity index (χ0n) is 26.5. The summed E-state index contributed by atoms with van der Waals surface area (Å²) in [5, 5.41) is 7.09. The average Bonchev–Trinajstić information content (AvgIpc) is 4.03. The second-order valence-corrected chi connectivity index (χ2v) is 15.7. The topological polar surface area (TPSA) is 69.4 Å². The molecule has 0 atom stereocenters. The molecule has 0 radical (unpaired) electrons. The molecule has 0 saturated heterocycles. The molecule has 0 amide bonds. The second kappa shape index (κ2) is 11.4. The molecule has 0 aliphatic carbocycles. The summed E-state index contributed by atoms with van der Waals surface area (Å²) >= 11 is 6.91. The van der Waals surface area contributed by atoms with Crippen LogP contribution in [0.3, 0.4) is 0 Å². The lowest BCUT2D eigenvalue weighted by molar-refractivity contribution is 1.12. The summed E-state index contributed by atoms with van der Waals surface area (Å²) < 4.78 is 7.09. The van der Waals surface area contributed by atoms with Gasteiger partial charge in [0.2, 0.25) is 0 Å². The molecule has 7 heterocycles. The van der Waals surface area contributed by atoms with Gasteiger partial charge in [0.1, 0.15) is 11.3 Å². The van der Waals surface area contributed by atoms with E-state index < -0.39 is 0 Å². The first-order valence-corrected chi connectivity index (χ1v) is 19.8. The lowest BCUT2D eigenvalue weighted by atomic mass is 9.95. The molecule has 10 heteroatoms. The Kier molecular flexibility index (Phi) is 6.53. The third-order valence-corrected chi connectivity index (χ3v) is 12.9. The van der Waals surface area contributed by atoms with Gasteiger partial charge in [-0.15, -0.1) is 45.3 Å². The van der Waals surface area contributed by atoms with Crippen molar-refractivity contribution in [1.82, 2.24) is 29.5 Å². The van der Waals surface area contributed by atoms with E-state index >= 15 is 0 Å². The van der Waals surface area contributed by atoms with Crippen LogP contribution in [0.1, 0.15) is 0 Å². The summed E-state index contributed by atoms with van der Waals surface area (Å²) in [6.45, 7) is 0. The van der Waals surface area contributed by atoms with Gasteiger partial charge in [-0.2, -0.15) is 0 Å². The molecule has 7 aromatic heterocycles. The highest BCUT2D eigenvalue weighted by molar-refractivity contribution is 7.20. The molecule has 0 aliphatic rings. The molecule has 0 aliphatic heterocycles. The zero-order chi connectivity index (χ0) is 33.5. The van der Waals surface area contributed by atoms with Crippen molar-refractivity contribution in [3.05, 3.63) is 131 Å². The van der Waals surface area contributed by atoms with E-state index in [1.165, 1.54) is 36.0 Å². The number of thiophene rings is 2. The number of nitrogens with zero attached hydrogens (tertiary/aromatic N) is 6. The number of thiazole rings is 2. The summed E-state index contributed by atoms with van der Waals surface area (Å²) in [5.41, 5.74) is 16.0. The molecule has 0 saturated carbocycles. The van der Waals surface area contributed by atoms with E-state index in [2.05, 4.69) is 93.1 Å². The van der Waals surface area contributed by atoms with Crippen LogP contribution in [0, 0.1) is 0 Å². The minimum absolute atomic E-state index is 0.823. The van der Waals surface area contributed by atoms with E-state index in [9.17, 15) is 0 Å². The van der Waals surface area contributed by atoms with Crippen molar-refractivity contribution in [1.29, 1.82) is 0 Å². The molecule has 0 bridgehead atoms. The van der Waals surface area contributed by atoms with Crippen molar-refractivity contribution in [2.24, 2.45) is 0 Å². The molecule has 0 spiro atoms. The smallest absolute Gasteiger partial charge is 0.147 e. The number of fused-ring (bicyclic) bond motifs is 5. The fourth-order valence-corrected chi connectivity index (χ4v) is 10.6. The van der Waals surface area contributed by atoms with E-state index in [1.54, 1.807) is 45.3 Å². The van der Waals surface area contributed by atoms with Crippen molar-refractivity contribution < 1.29 is 0 Å². The maximum Gasteiger partial charge on any atom is 0.147 e. The Morgan fingerprint density at radius 1 is 0.510 bits per heavy atom. The van der Waals surface area contributed by atoms with Crippen LogP contribution >= 0.6 is 45.3 Å². The zero-order valence-corrected chi connectivity index (χ0v) is 29.8. The van der Waals surface area contributed by atoms with Gasteiger partial charge in [0.05, 0.1) is 58.7 Å². The van der Waals surface area contributed by atoms with Gasteiger partial charge in [-0.1, -0.05) is 42.5 Å². The third-order valence-electron chi connectivity index (χ3n) is 9.41. The van der Waals surface area contributed by atoms with Crippen LogP contribution in [0.4, 0.5) is 0 Å². The van der Waals surface area contributed by atoms with E-state index in [4.69, 9.17) is 19.9 Å². The van der Waals surface area contributed by atoms with E-state index in [0.29, 0.717) is 0 Å². The van der Waals surface area contributed by atoms with Gasteiger partial charge in [0.25, 0.3) is 0 Å². The summed E-state index contributed by atoms with van der Waals surface area (Å²) in [4.78, 5) is 24.7. The fourth-order valence-electron chi connectivity index (χ4n) is 7.16. The molecular formula is C41H22N6S4. The van der Waals surface area contributed by atoms with E-state index in [0.717, 1.165) is 66.4 Å². The van der Waals surface area contributed by atoms with Crippen LogP contribution in [0.15, 0.2) is 131 Å². The monoisotopic (exact) mass is 726 g/mol. The Morgan fingerprint density at radius 2 is 1.22 bits per heavy atom. The summed E-state index contributed by atoms with van der Waals surface area (Å²) in [6, 6.07) is 33.7. The number of pyridine rings is 2. The first kappa shape index (κ1) is 29.1. The van der Waals surface area contributed by atoms with Gasteiger partial charge in [-0.3, -0.25) is 14.5 Å². The molecule has 6 nitrogen and oxygen atoms in total. The standard InChI is InChI=1S/C41H22N6S4/c1-2-13-33-31(12-1)46-41(37-23(29-10-3-5-14-42-29)8-7-9-24(37)30-11-4-6-15-43-30)47(33)39-38-36(51-22-45-38)17-26-28(20-49-40(26)39)27-19-48-34-18-32-35(16-25(27)34)50-21-44-32/h1-22H. The number of benzene rings is 4. The van der Waals surface area contributed by atoms with Gasteiger partial charge < -0.3 is 0 Å². The lowest BCUT2D eigenvalue weighted by Gasteiger charge is -2.17. The highest BCUT2D eigenvalue weighted by Crippen LogP contribution is 2.48. The number of hydrogen-bond donors (Lipinski definition) is 0. The highest BCUT2D eigenvalue weighted by atomic mass is 32.1. The average molecular weight is 727 g/mol. The molecule has 51 heavy (non-hydrogen) atoms. The van der Waals surface area contributed by atoms with Crippen LogP contribution < -0.4 is 0 Å². The number of imidazole rings is 1. The highest BCUT2D eigenvalue weighted by Gasteiger charge is 2.27. The van der Waals surface area contributed by atoms with E-state index in [-0.39, 0.29) is 0 Å². The summed E-state index contributed by atoms with van der Waals surface area (Å²) in [5.74, 6) is 0.823. The molecule has 240 valence electrons. The van der Waals surface area contributed by atoms with E-state index in [1.807, 2.05) is 47.7 Å². The van der Waals surface area contributed by atoms with Gasteiger partial charge in [0.15, 0.2) is 0 Å². The lowest BCUT2D eigenvalue weighted by Crippen LogP contribution is -2.02. The van der Waals surface area contributed by atoms with Crippen LogP contribution in [-0.4, -0.2) is 29.5 Å². The Bertz CT molecular complexity index is 3040. The first-order valence-electron chi connectivity index (χ1n) is 16.3. The van der Waals surface area contributed by atoms with Gasteiger partial charge in [-0.25, -0.2) is 15.0 Å². The molecule has 0 N–H and O–H groups in total. The number of rotatable bonds is 5. The largest absolute Gasteiger partial charge is 0.289 e. The predicted octanol–water partition coefficient (Wildman–Crippen LogP) is 12.1. The maximum atomic E-state index is 5.44. The minimum Gasteiger partial charge on any atom is -0.289 e. The second-order valence-electron chi connectivity index (χ2n) is 12.2. The molecule has 11 rings (SSSR count). The van der Waals surface area contributed by atoms with Gasteiger partial charge in [0, 0.05) is 55.7 Å². The summed E-state index contributed by atoms with van der Waals surface area (Å²) in [7, 11) is 0. The molecular weight excluding hydrogens is 705 g/mol. The maximum absolute atomic E-state index is 5.44. The molecule has 0 fully saturated rings. The SMILES string of the molecule is c1ccc(-c2cccc(-c3ccccn3)c2-c2nc3ccccc3n2-c2c3ncsc3cc3c(-c4csc5cc6ncsc6cc45)csc23)nc1. The van der Waals surface area contributed by atoms with Crippen molar-refractivity contribution in [3.8, 4) is 50.7 Å². The minimum atomic E-state index is 0.823. The van der Waals surface area contributed by atoms with Crippen molar-refractivity contribution in [2.75, 3.05) is 0 Å². The Hall–Kier alpha value is -5.65. The fraction of sp³-hybridized carbons (Fsp3) is 0.